The third-order valence-electron chi connectivity index (χ3n) is 1.64. The molecule has 0 bridgehead atoms. The van der Waals surface area contributed by atoms with Crippen molar-refractivity contribution in [3.05, 3.63) is 49.2 Å². The summed E-state index contributed by atoms with van der Waals surface area (Å²) in [5.41, 5.74) is 10.7. The van der Waals surface area contributed by atoms with Crippen molar-refractivity contribution in [2.45, 2.75) is 13.3 Å². The monoisotopic (exact) mass is 251 g/mol. The summed E-state index contributed by atoms with van der Waals surface area (Å²) in [6, 6.07) is 0. The average molecular weight is 251 g/mol. The van der Waals surface area contributed by atoms with Crippen molar-refractivity contribution in [2.75, 3.05) is 6.54 Å². The fourth-order valence-corrected chi connectivity index (χ4v) is 0.652. The van der Waals surface area contributed by atoms with Gasteiger partial charge in [0, 0.05) is 23.9 Å². The quantitative estimate of drug-likeness (QED) is 0.354. The Kier molecular flexibility index (Phi) is 11.2. The highest BCUT2D eigenvalue weighted by Gasteiger charge is 2.00. The van der Waals surface area contributed by atoms with Gasteiger partial charge in [-0.05, 0) is 13.3 Å². The Morgan fingerprint density at radius 3 is 1.94 bits per heavy atom. The first kappa shape index (κ1) is 18.1. The molecular formula is C13H21N3O2. The van der Waals surface area contributed by atoms with E-state index in [0.29, 0.717) is 24.1 Å². The van der Waals surface area contributed by atoms with E-state index in [1.54, 1.807) is 25.3 Å². The third-order valence-corrected chi connectivity index (χ3v) is 1.64. The van der Waals surface area contributed by atoms with Gasteiger partial charge in [0.15, 0.2) is 0 Å². The molecule has 0 aromatic heterocycles. The molecule has 2 amide bonds. The summed E-state index contributed by atoms with van der Waals surface area (Å²) in [6.45, 7) is 12.5. The van der Waals surface area contributed by atoms with Crippen LogP contribution in [0.15, 0.2) is 49.2 Å². The second-order valence-electron chi connectivity index (χ2n) is 3.37. The average Bonchev–Trinajstić information content (AvgIpc) is 2.28. The highest BCUT2D eigenvalue weighted by Crippen LogP contribution is 1.98. The number of allylic oxidation sites excluding steroid dienone is 1. The second-order valence-corrected chi connectivity index (χ2v) is 3.37. The van der Waals surface area contributed by atoms with Crippen molar-refractivity contribution in [1.29, 1.82) is 0 Å². The van der Waals surface area contributed by atoms with Crippen LogP contribution in [0.4, 0.5) is 0 Å². The molecule has 0 spiro atoms. The molecule has 18 heavy (non-hydrogen) atoms. The summed E-state index contributed by atoms with van der Waals surface area (Å²) in [7, 11) is 0. The van der Waals surface area contributed by atoms with Gasteiger partial charge in [-0.2, -0.15) is 0 Å². The van der Waals surface area contributed by atoms with Gasteiger partial charge in [0.1, 0.15) is 0 Å². The number of amides is 2. The van der Waals surface area contributed by atoms with E-state index in [0.717, 1.165) is 0 Å². The summed E-state index contributed by atoms with van der Waals surface area (Å²) in [6.07, 6.45) is 5.40. The van der Waals surface area contributed by atoms with Gasteiger partial charge in [0.25, 0.3) is 0 Å². The molecule has 0 aromatic carbocycles. The number of hydrogen-bond acceptors (Lipinski definition) is 3. The maximum absolute atomic E-state index is 10.7. The standard InChI is InChI=1S/C9H14N2O.C4H7NO/c1-3-5-8(9(10)12)7-11-6-4-2;1-3(2)4(5)6/h3-4,7,11H,1-2,5-6H2,(H2,10,12);1H2,2H3,(H2,5,6). The first-order valence-electron chi connectivity index (χ1n) is 5.26. The number of carbonyl (C=O) groups is 2. The zero-order valence-electron chi connectivity index (χ0n) is 10.7. The topological polar surface area (TPSA) is 98.2 Å². The summed E-state index contributed by atoms with van der Waals surface area (Å²) >= 11 is 0. The molecule has 0 saturated carbocycles. The molecular weight excluding hydrogens is 230 g/mol. The predicted octanol–water partition coefficient (Wildman–Crippen LogP) is 0.755. The number of nitrogens with two attached hydrogens (primary N) is 2. The van der Waals surface area contributed by atoms with E-state index in [1.807, 2.05) is 0 Å². The first-order valence-corrected chi connectivity index (χ1v) is 5.26. The van der Waals surface area contributed by atoms with E-state index in [9.17, 15) is 9.59 Å². The lowest BCUT2D eigenvalue weighted by atomic mass is 10.2. The van der Waals surface area contributed by atoms with Gasteiger partial charge in [0.05, 0.1) is 0 Å². The van der Waals surface area contributed by atoms with Crippen molar-refractivity contribution in [3.8, 4) is 0 Å². The lowest BCUT2D eigenvalue weighted by molar-refractivity contribution is -0.115. The maximum Gasteiger partial charge on any atom is 0.246 e. The Hall–Kier alpha value is -2.30. The van der Waals surface area contributed by atoms with Crippen LogP contribution in [0.25, 0.3) is 0 Å². The number of nitrogens with one attached hydrogen (secondary N) is 1. The maximum atomic E-state index is 10.7. The molecule has 0 fully saturated rings. The second kappa shape index (κ2) is 11.2. The summed E-state index contributed by atoms with van der Waals surface area (Å²) in [5, 5.41) is 2.87. The van der Waals surface area contributed by atoms with E-state index in [4.69, 9.17) is 11.5 Å². The van der Waals surface area contributed by atoms with Crippen LogP contribution < -0.4 is 16.8 Å². The van der Waals surface area contributed by atoms with E-state index in [1.165, 1.54) is 0 Å². The predicted molar refractivity (Wildman–Crippen MR) is 74.3 cm³/mol. The molecule has 5 nitrogen and oxygen atoms in total. The minimum Gasteiger partial charge on any atom is -0.387 e. The van der Waals surface area contributed by atoms with Gasteiger partial charge in [-0.25, -0.2) is 0 Å². The normalized spacial score (nSPS) is 9.50. The van der Waals surface area contributed by atoms with Gasteiger partial charge in [-0.15, -0.1) is 13.2 Å². The van der Waals surface area contributed by atoms with Crippen LogP contribution in [-0.4, -0.2) is 18.4 Å². The third kappa shape index (κ3) is 11.8. The summed E-state index contributed by atoms with van der Waals surface area (Å²) in [5.74, 6) is -0.860. The van der Waals surface area contributed by atoms with Crippen molar-refractivity contribution in [3.63, 3.8) is 0 Å². The molecule has 0 rings (SSSR count). The summed E-state index contributed by atoms with van der Waals surface area (Å²) in [4.78, 5) is 20.5. The largest absolute Gasteiger partial charge is 0.387 e. The van der Waals surface area contributed by atoms with E-state index >= 15 is 0 Å². The van der Waals surface area contributed by atoms with Crippen LogP contribution in [0.2, 0.25) is 0 Å². The minimum absolute atomic E-state index is 0.398. The lowest BCUT2D eigenvalue weighted by Gasteiger charge is -1.99. The fraction of sp³-hybridized carbons (Fsp3) is 0.231. The Labute approximate surface area is 108 Å². The Bertz CT molecular complexity index is 345. The van der Waals surface area contributed by atoms with Gasteiger partial charge in [-0.1, -0.05) is 18.7 Å². The van der Waals surface area contributed by atoms with Gasteiger partial charge in [0.2, 0.25) is 11.8 Å². The smallest absolute Gasteiger partial charge is 0.246 e. The van der Waals surface area contributed by atoms with E-state index < -0.39 is 11.8 Å². The zero-order chi connectivity index (χ0) is 14.6. The number of carbonyl (C=O) groups excluding carboxylic acids is 2. The minimum atomic E-state index is -0.435. The van der Waals surface area contributed by atoms with E-state index in [-0.39, 0.29) is 0 Å². The molecule has 0 aliphatic heterocycles. The Balaban J connectivity index is 0. The number of rotatable bonds is 7. The lowest BCUT2D eigenvalue weighted by Crippen LogP contribution is -2.17. The highest BCUT2D eigenvalue weighted by atomic mass is 16.1. The molecule has 0 aliphatic rings. The van der Waals surface area contributed by atoms with Crippen molar-refractivity contribution >= 4 is 11.8 Å². The van der Waals surface area contributed by atoms with Gasteiger partial charge >= 0.3 is 0 Å². The molecule has 100 valence electrons. The SMILES string of the molecule is C=C(C)C(N)=O.C=CCNC=C(CC=C)C(N)=O. The molecule has 5 N–H and O–H groups in total. The van der Waals surface area contributed by atoms with Gasteiger partial charge < -0.3 is 16.8 Å². The molecule has 0 radical (unpaired) electrons. The van der Waals surface area contributed by atoms with Crippen LogP contribution in [-0.2, 0) is 9.59 Å². The summed E-state index contributed by atoms with van der Waals surface area (Å²) < 4.78 is 0. The number of hydrogen-bond donors (Lipinski definition) is 3. The van der Waals surface area contributed by atoms with Crippen molar-refractivity contribution in [2.24, 2.45) is 11.5 Å². The highest BCUT2D eigenvalue weighted by molar-refractivity contribution is 5.92. The van der Waals surface area contributed by atoms with Gasteiger partial charge in [-0.3, -0.25) is 9.59 Å². The molecule has 0 saturated heterocycles. The molecule has 0 aromatic rings. The molecule has 0 unspecified atom stereocenters. The van der Waals surface area contributed by atoms with Crippen LogP contribution in [0.3, 0.4) is 0 Å². The molecule has 0 heterocycles. The van der Waals surface area contributed by atoms with Crippen molar-refractivity contribution < 1.29 is 9.59 Å². The molecule has 0 aliphatic carbocycles. The number of primary amides is 2. The molecule has 5 heteroatoms. The van der Waals surface area contributed by atoms with Crippen LogP contribution in [0.5, 0.6) is 0 Å². The van der Waals surface area contributed by atoms with Crippen LogP contribution in [0.1, 0.15) is 13.3 Å². The van der Waals surface area contributed by atoms with E-state index in [2.05, 4.69) is 25.1 Å². The molecule has 0 atom stereocenters. The van der Waals surface area contributed by atoms with Crippen LogP contribution in [0, 0.1) is 0 Å². The Morgan fingerprint density at radius 2 is 1.67 bits per heavy atom. The fourth-order valence-electron chi connectivity index (χ4n) is 0.652. The zero-order valence-corrected chi connectivity index (χ0v) is 10.7. The van der Waals surface area contributed by atoms with Crippen molar-refractivity contribution in [1.82, 2.24) is 5.32 Å². The van der Waals surface area contributed by atoms with Crippen LogP contribution >= 0.6 is 0 Å². The Morgan fingerprint density at radius 1 is 1.17 bits per heavy atom. The first-order chi connectivity index (χ1) is 8.36.